The number of nitrogens with one attached hydrogen (secondary N) is 3. The number of aromatic amines is 1. The van der Waals surface area contributed by atoms with Gasteiger partial charge in [-0.25, -0.2) is 9.97 Å². The summed E-state index contributed by atoms with van der Waals surface area (Å²) in [5.74, 6) is 0. The maximum atomic E-state index is 7.20. The Labute approximate surface area is 85.0 Å². The number of H-pyrrole nitrogens is 1. The monoisotopic (exact) mass is 209 g/mol. The van der Waals surface area contributed by atoms with Crippen molar-refractivity contribution in [3.05, 3.63) is 17.2 Å². The van der Waals surface area contributed by atoms with Gasteiger partial charge in [0.05, 0.1) is 16.8 Å². The number of fused-ring (bicyclic) bond motifs is 1. The van der Waals surface area contributed by atoms with E-state index in [1.54, 1.807) is 7.05 Å². The highest BCUT2D eigenvalue weighted by atomic mass is 35.5. The van der Waals surface area contributed by atoms with Gasteiger partial charge in [-0.2, -0.15) is 0 Å². The minimum absolute atomic E-state index is 0.378. The van der Waals surface area contributed by atoms with Crippen LogP contribution in [-0.2, 0) is 0 Å². The molecule has 6 heteroatoms. The van der Waals surface area contributed by atoms with Crippen molar-refractivity contribution in [1.82, 2.24) is 15.0 Å². The third kappa shape index (κ3) is 1.13. The van der Waals surface area contributed by atoms with Gasteiger partial charge < -0.3 is 15.7 Å². The standard InChI is InChI=1S/C8H8ClN5/c1-11-6-4(2-10)14-8-5(6)7(9)12-3-13-8/h2-3,10-11H,1H3,(H,12,13,14). The molecular formula is C8H8ClN5. The lowest BCUT2D eigenvalue weighted by molar-refractivity contribution is 1.20. The molecule has 0 spiro atoms. The molecule has 2 aromatic heterocycles. The Balaban J connectivity index is 2.88. The van der Waals surface area contributed by atoms with Crippen molar-refractivity contribution in [2.45, 2.75) is 0 Å². The van der Waals surface area contributed by atoms with Gasteiger partial charge in [-0.15, -0.1) is 0 Å². The lowest BCUT2D eigenvalue weighted by Gasteiger charge is -1.98. The Kier molecular flexibility index (Phi) is 2.09. The third-order valence-corrected chi connectivity index (χ3v) is 2.25. The highest BCUT2D eigenvalue weighted by Crippen LogP contribution is 2.29. The first-order chi connectivity index (χ1) is 6.77. The first-order valence-corrected chi connectivity index (χ1v) is 4.36. The van der Waals surface area contributed by atoms with Crippen molar-refractivity contribution in [1.29, 1.82) is 5.41 Å². The zero-order valence-electron chi connectivity index (χ0n) is 7.43. The van der Waals surface area contributed by atoms with Crippen LogP contribution in [0.1, 0.15) is 5.69 Å². The third-order valence-electron chi connectivity index (χ3n) is 1.97. The van der Waals surface area contributed by atoms with Gasteiger partial charge in [-0.1, -0.05) is 11.6 Å². The topological polar surface area (TPSA) is 77.5 Å². The van der Waals surface area contributed by atoms with Gasteiger partial charge >= 0.3 is 0 Å². The first-order valence-electron chi connectivity index (χ1n) is 3.98. The molecule has 0 aliphatic rings. The van der Waals surface area contributed by atoms with Crippen molar-refractivity contribution in [3.8, 4) is 0 Å². The predicted molar refractivity (Wildman–Crippen MR) is 56.3 cm³/mol. The predicted octanol–water partition coefficient (Wildman–Crippen LogP) is 1.65. The zero-order valence-corrected chi connectivity index (χ0v) is 8.18. The molecule has 14 heavy (non-hydrogen) atoms. The van der Waals surface area contributed by atoms with E-state index in [1.807, 2.05) is 0 Å². The zero-order chi connectivity index (χ0) is 10.1. The Morgan fingerprint density at radius 1 is 1.57 bits per heavy atom. The van der Waals surface area contributed by atoms with E-state index in [9.17, 15) is 0 Å². The second kappa shape index (κ2) is 3.26. The van der Waals surface area contributed by atoms with E-state index in [4.69, 9.17) is 17.0 Å². The van der Waals surface area contributed by atoms with Crippen LogP contribution in [0.25, 0.3) is 11.0 Å². The molecular weight excluding hydrogens is 202 g/mol. The molecule has 5 nitrogen and oxygen atoms in total. The molecule has 0 radical (unpaired) electrons. The SMILES string of the molecule is CNc1c(C=N)[nH]c2ncnc(Cl)c12. The van der Waals surface area contributed by atoms with Crippen molar-refractivity contribution in [2.75, 3.05) is 12.4 Å². The van der Waals surface area contributed by atoms with Gasteiger partial charge in [0.2, 0.25) is 0 Å². The van der Waals surface area contributed by atoms with E-state index >= 15 is 0 Å². The molecule has 0 atom stereocenters. The number of rotatable bonds is 2. The summed E-state index contributed by atoms with van der Waals surface area (Å²) in [5.41, 5.74) is 2.03. The number of aromatic nitrogens is 3. The Hall–Kier alpha value is -1.62. The van der Waals surface area contributed by atoms with Crippen LogP contribution in [0.15, 0.2) is 6.33 Å². The van der Waals surface area contributed by atoms with E-state index in [0.29, 0.717) is 16.5 Å². The second-order valence-electron chi connectivity index (χ2n) is 2.70. The lowest BCUT2D eigenvalue weighted by atomic mass is 10.3. The summed E-state index contributed by atoms with van der Waals surface area (Å²) in [6.07, 6.45) is 2.60. The molecule has 0 aliphatic heterocycles. The first kappa shape index (κ1) is 8.96. The van der Waals surface area contributed by atoms with Crippen molar-refractivity contribution < 1.29 is 0 Å². The number of nitrogens with zero attached hydrogens (tertiary/aromatic N) is 2. The van der Waals surface area contributed by atoms with Crippen LogP contribution in [0.5, 0.6) is 0 Å². The van der Waals surface area contributed by atoms with Gasteiger partial charge in [0.25, 0.3) is 0 Å². The summed E-state index contributed by atoms with van der Waals surface area (Å²) < 4.78 is 0. The van der Waals surface area contributed by atoms with Crippen LogP contribution in [0.4, 0.5) is 5.69 Å². The minimum Gasteiger partial charge on any atom is -0.386 e. The summed E-state index contributed by atoms with van der Waals surface area (Å²) in [5, 5.41) is 11.3. The molecule has 2 rings (SSSR count). The molecule has 0 amide bonds. The van der Waals surface area contributed by atoms with E-state index in [2.05, 4.69) is 20.3 Å². The van der Waals surface area contributed by atoms with Gasteiger partial charge in [0, 0.05) is 13.3 Å². The van der Waals surface area contributed by atoms with Crippen LogP contribution in [-0.4, -0.2) is 28.2 Å². The fourth-order valence-corrected chi connectivity index (χ4v) is 1.60. The van der Waals surface area contributed by atoms with Crippen molar-refractivity contribution in [2.24, 2.45) is 0 Å². The Morgan fingerprint density at radius 3 is 3.00 bits per heavy atom. The maximum Gasteiger partial charge on any atom is 0.144 e. The van der Waals surface area contributed by atoms with Crippen LogP contribution in [0.2, 0.25) is 5.15 Å². The van der Waals surface area contributed by atoms with E-state index in [1.165, 1.54) is 12.5 Å². The van der Waals surface area contributed by atoms with Crippen LogP contribution in [0, 0.1) is 5.41 Å². The van der Waals surface area contributed by atoms with Crippen LogP contribution >= 0.6 is 11.6 Å². The summed E-state index contributed by atoms with van der Waals surface area (Å²) in [4.78, 5) is 10.9. The summed E-state index contributed by atoms with van der Waals surface area (Å²) in [6.45, 7) is 0. The average Bonchev–Trinajstić information content (AvgIpc) is 2.56. The van der Waals surface area contributed by atoms with Crippen molar-refractivity contribution in [3.63, 3.8) is 0 Å². The van der Waals surface area contributed by atoms with Crippen molar-refractivity contribution >= 4 is 34.5 Å². The van der Waals surface area contributed by atoms with Gasteiger partial charge in [0.15, 0.2) is 0 Å². The van der Waals surface area contributed by atoms with Gasteiger partial charge in [-0.05, 0) is 0 Å². The smallest absolute Gasteiger partial charge is 0.144 e. The largest absolute Gasteiger partial charge is 0.386 e. The summed E-state index contributed by atoms with van der Waals surface area (Å²) in [6, 6.07) is 0. The molecule has 0 saturated carbocycles. The Bertz CT molecular complexity index is 490. The highest BCUT2D eigenvalue weighted by molar-refractivity contribution is 6.35. The molecule has 0 aliphatic carbocycles. The Morgan fingerprint density at radius 2 is 2.36 bits per heavy atom. The molecule has 0 fully saturated rings. The van der Waals surface area contributed by atoms with E-state index in [-0.39, 0.29) is 0 Å². The van der Waals surface area contributed by atoms with E-state index < -0.39 is 0 Å². The highest BCUT2D eigenvalue weighted by Gasteiger charge is 2.12. The van der Waals surface area contributed by atoms with Crippen LogP contribution < -0.4 is 5.32 Å². The fourth-order valence-electron chi connectivity index (χ4n) is 1.37. The molecule has 2 aromatic rings. The average molecular weight is 210 g/mol. The van der Waals surface area contributed by atoms with E-state index in [0.717, 1.165) is 11.1 Å². The normalized spacial score (nSPS) is 10.4. The second-order valence-corrected chi connectivity index (χ2v) is 3.05. The molecule has 0 bridgehead atoms. The number of halogens is 1. The summed E-state index contributed by atoms with van der Waals surface area (Å²) >= 11 is 5.93. The maximum absolute atomic E-state index is 7.20. The molecule has 72 valence electrons. The lowest BCUT2D eigenvalue weighted by Crippen LogP contribution is -1.91. The molecule has 2 heterocycles. The van der Waals surface area contributed by atoms with Crippen LogP contribution in [0.3, 0.4) is 0 Å². The molecule has 0 aromatic carbocycles. The summed E-state index contributed by atoms with van der Waals surface area (Å²) in [7, 11) is 1.76. The number of hydrogen-bond donors (Lipinski definition) is 3. The number of hydrogen-bond acceptors (Lipinski definition) is 4. The quantitative estimate of drug-likeness (QED) is 0.520. The molecule has 0 unspecified atom stereocenters. The number of anilines is 1. The molecule has 3 N–H and O–H groups in total. The minimum atomic E-state index is 0.378. The molecule has 0 saturated heterocycles. The van der Waals surface area contributed by atoms with Gasteiger partial charge in [0.1, 0.15) is 17.1 Å². The fraction of sp³-hybridized carbons (Fsp3) is 0.125. The van der Waals surface area contributed by atoms with Gasteiger partial charge in [-0.3, -0.25) is 0 Å².